The minimum Gasteiger partial charge on any atom is -0.497 e. The number of hydrogen-bond donors (Lipinski definition) is 2. The van der Waals surface area contributed by atoms with Crippen molar-refractivity contribution in [1.29, 1.82) is 0 Å². The first-order valence-electron chi connectivity index (χ1n) is 6.38. The molecule has 0 aliphatic rings. The second kappa shape index (κ2) is 7.13. The molecule has 0 radical (unpaired) electrons. The van der Waals surface area contributed by atoms with E-state index in [0.717, 1.165) is 5.56 Å². The Labute approximate surface area is 123 Å². The molecule has 0 unspecified atom stereocenters. The Morgan fingerprint density at radius 2 is 1.81 bits per heavy atom. The fourth-order valence-corrected chi connectivity index (χ4v) is 1.72. The summed E-state index contributed by atoms with van der Waals surface area (Å²) in [5.41, 5.74) is 2.02. The van der Waals surface area contributed by atoms with Gasteiger partial charge < -0.3 is 15.2 Å². The van der Waals surface area contributed by atoms with Crippen LogP contribution in [-0.2, 0) is 0 Å². The first-order valence-corrected chi connectivity index (χ1v) is 6.38. The molecule has 21 heavy (non-hydrogen) atoms. The van der Waals surface area contributed by atoms with E-state index in [0.29, 0.717) is 17.0 Å². The molecule has 0 bridgehead atoms. The number of carbonyl (C=O) groups is 1. The number of aliphatic hydroxyl groups is 1. The van der Waals surface area contributed by atoms with Crippen LogP contribution >= 0.6 is 0 Å². The molecule has 2 rings (SSSR count). The number of anilines is 1. The van der Waals surface area contributed by atoms with Gasteiger partial charge in [-0.15, -0.1) is 0 Å². The second-order valence-corrected chi connectivity index (χ2v) is 4.22. The molecule has 0 spiro atoms. The fourth-order valence-electron chi connectivity index (χ4n) is 1.72. The Morgan fingerprint density at radius 3 is 2.38 bits per heavy atom. The summed E-state index contributed by atoms with van der Waals surface area (Å²) in [6.45, 7) is -0.171. The summed E-state index contributed by atoms with van der Waals surface area (Å²) < 4.78 is 5.05. The largest absolute Gasteiger partial charge is 0.497 e. The van der Waals surface area contributed by atoms with E-state index >= 15 is 0 Å². The average molecular weight is 281 g/mol. The zero-order chi connectivity index (χ0) is 15.1. The maximum atomic E-state index is 12.1. The lowest BCUT2D eigenvalue weighted by molar-refractivity contribution is 0.102. The number of rotatable bonds is 3. The number of ether oxygens (including phenoxy) is 1. The van der Waals surface area contributed by atoms with E-state index < -0.39 is 0 Å². The third-order valence-corrected chi connectivity index (χ3v) is 2.81. The highest BCUT2D eigenvalue weighted by molar-refractivity contribution is 6.04. The highest BCUT2D eigenvalue weighted by atomic mass is 16.5. The van der Waals surface area contributed by atoms with Crippen LogP contribution in [-0.4, -0.2) is 24.7 Å². The maximum Gasteiger partial charge on any atom is 0.255 e. The highest BCUT2D eigenvalue weighted by Crippen LogP contribution is 2.14. The molecule has 1 amide bonds. The van der Waals surface area contributed by atoms with Crippen molar-refractivity contribution in [2.75, 3.05) is 19.0 Å². The molecule has 2 aromatic carbocycles. The first-order chi connectivity index (χ1) is 10.2. The number of aliphatic hydroxyl groups excluding tert-OH is 1. The lowest BCUT2D eigenvalue weighted by Gasteiger charge is -2.06. The zero-order valence-corrected chi connectivity index (χ0v) is 11.6. The Balaban J connectivity index is 2.04. The summed E-state index contributed by atoms with van der Waals surface area (Å²) in [6, 6.07) is 14.0. The molecule has 0 aromatic heterocycles. The summed E-state index contributed by atoms with van der Waals surface area (Å²) in [4.78, 5) is 12.1. The standard InChI is InChI=1S/C17H15NO3/c1-21-16-10-6-14(7-11-16)17(20)18-15-8-4-13(5-9-15)3-2-12-19/h4-11,19H,12H2,1H3,(H,18,20). The van der Waals surface area contributed by atoms with E-state index in [1.165, 1.54) is 0 Å². The molecule has 0 saturated carbocycles. The number of amides is 1. The van der Waals surface area contributed by atoms with Crippen LogP contribution in [0.25, 0.3) is 0 Å². The van der Waals surface area contributed by atoms with Gasteiger partial charge in [0.2, 0.25) is 0 Å². The molecule has 2 N–H and O–H groups in total. The van der Waals surface area contributed by atoms with Crippen LogP contribution in [0.3, 0.4) is 0 Å². The number of carbonyl (C=O) groups excluding carboxylic acids is 1. The molecule has 0 heterocycles. The number of methoxy groups -OCH3 is 1. The first kappa shape index (κ1) is 14.6. The van der Waals surface area contributed by atoms with Crippen LogP contribution in [0.4, 0.5) is 5.69 Å². The lowest BCUT2D eigenvalue weighted by atomic mass is 10.2. The van der Waals surface area contributed by atoms with Gasteiger partial charge in [0, 0.05) is 16.8 Å². The Morgan fingerprint density at radius 1 is 1.14 bits per heavy atom. The van der Waals surface area contributed by atoms with Crippen molar-refractivity contribution in [2.45, 2.75) is 0 Å². The molecular weight excluding hydrogens is 266 g/mol. The van der Waals surface area contributed by atoms with Gasteiger partial charge in [-0.1, -0.05) is 11.8 Å². The maximum absolute atomic E-state index is 12.1. The van der Waals surface area contributed by atoms with Gasteiger partial charge >= 0.3 is 0 Å². The minimum absolute atomic E-state index is 0.171. The molecular formula is C17H15NO3. The number of nitrogens with one attached hydrogen (secondary N) is 1. The molecule has 0 fully saturated rings. The smallest absolute Gasteiger partial charge is 0.255 e. The Bertz CT molecular complexity index is 664. The van der Waals surface area contributed by atoms with Crippen molar-refractivity contribution in [2.24, 2.45) is 0 Å². The predicted molar refractivity (Wildman–Crippen MR) is 81.4 cm³/mol. The van der Waals surface area contributed by atoms with E-state index in [1.54, 1.807) is 55.6 Å². The van der Waals surface area contributed by atoms with Crippen LogP contribution in [0.5, 0.6) is 5.75 Å². The second-order valence-electron chi connectivity index (χ2n) is 4.22. The summed E-state index contributed by atoms with van der Waals surface area (Å²) >= 11 is 0. The number of hydrogen-bond acceptors (Lipinski definition) is 3. The van der Waals surface area contributed by atoms with Crippen molar-refractivity contribution in [3.63, 3.8) is 0 Å². The molecule has 0 atom stereocenters. The molecule has 2 aromatic rings. The van der Waals surface area contributed by atoms with Crippen molar-refractivity contribution < 1.29 is 14.6 Å². The van der Waals surface area contributed by atoms with Crippen LogP contribution in [0.2, 0.25) is 0 Å². The summed E-state index contributed by atoms with van der Waals surface area (Å²) in [6.07, 6.45) is 0. The van der Waals surface area contributed by atoms with Crippen LogP contribution in [0.1, 0.15) is 15.9 Å². The molecule has 4 nitrogen and oxygen atoms in total. The van der Waals surface area contributed by atoms with Crippen molar-refractivity contribution >= 4 is 11.6 Å². The van der Waals surface area contributed by atoms with Gasteiger partial charge in [-0.2, -0.15) is 0 Å². The SMILES string of the molecule is COc1ccc(C(=O)Nc2ccc(C#CCO)cc2)cc1. The van der Waals surface area contributed by atoms with Gasteiger partial charge in [0.05, 0.1) is 7.11 Å². The predicted octanol–water partition coefficient (Wildman–Crippen LogP) is 2.29. The van der Waals surface area contributed by atoms with Crippen molar-refractivity contribution in [1.82, 2.24) is 0 Å². The van der Waals surface area contributed by atoms with E-state index in [9.17, 15) is 4.79 Å². The topological polar surface area (TPSA) is 58.6 Å². The van der Waals surface area contributed by atoms with Gasteiger partial charge in [0.25, 0.3) is 5.91 Å². The normalized spacial score (nSPS) is 9.43. The van der Waals surface area contributed by atoms with Crippen LogP contribution < -0.4 is 10.1 Å². The van der Waals surface area contributed by atoms with E-state index in [2.05, 4.69) is 17.2 Å². The fraction of sp³-hybridized carbons (Fsp3) is 0.118. The Kier molecular flexibility index (Phi) is 4.97. The Hall–Kier alpha value is -2.77. The summed E-state index contributed by atoms with van der Waals surface area (Å²) in [5.74, 6) is 5.88. The van der Waals surface area contributed by atoms with E-state index in [-0.39, 0.29) is 12.5 Å². The number of benzene rings is 2. The van der Waals surface area contributed by atoms with E-state index in [1.807, 2.05) is 0 Å². The van der Waals surface area contributed by atoms with Gasteiger partial charge in [-0.25, -0.2) is 0 Å². The zero-order valence-electron chi connectivity index (χ0n) is 11.6. The van der Waals surface area contributed by atoms with Gasteiger partial charge in [-0.05, 0) is 48.5 Å². The monoisotopic (exact) mass is 281 g/mol. The highest BCUT2D eigenvalue weighted by Gasteiger charge is 2.05. The van der Waals surface area contributed by atoms with Gasteiger partial charge in [0.1, 0.15) is 12.4 Å². The molecule has 106 valence electrons. The third-order valence-electron chi connectivity index (χ3n) is 2.81. The van der Waals surface area contributed by atoms with Gasteiger partial charge in [0.15, 0.2) is 0 Å². The molecule has 0 aliphatic heterocycles. The van der Waals surface area contributed by atoms with Crippen LogP contribution in [0, 0.1) is 11.8 Å². The summed E-state index contributed by atoms with van der Waals surface area (Å²) in [5, 5.41) is 11.4. The molecule has 0 saturated heterocycles. The molecule has 0 aliphatic carbocycles. The average Bonchev–Trinajstić information content (AvgIpc) is 2.54. The minimum atomic E-state index is -0.188. The van der Waals surface area contributed by atoms with Gasteiger partial charge in [-0.3, -0.25) is 4.79 Å². The quantitative estimate of drug-likeness (QED) is 0.849. The summed E-state index contributed by atoms with van der Waals surface area (Å²) in [7, 11) is 1.58. The van der Waals surface area contributed by atoms with Crippen LogP contribution in [0.15, 0.2) is 48.5 Å². The van der Waals surface area contributed by atoms with Crippen molar-refractivity contribution in [3.05, 3.63) is 59.7 Å². The van der Waals surface area contributed by atoms with Crippen molar-refractivity contribution in [3.8, 4) is 17.6 Å². The third kappa shape index (κ3) is 4.10. The molecule has 4 heteroatoms. The lowest BCUT2D eigenvalue weighted by Crippen LogP contribution is -2.11. The van der Waals surface area contributed by atoms with E-state index in [4.69, 9.17) is 9.84 Å².